The molecule has 4 rings (SSSR count). The summed E-state index contributed by atoms with van der Waals surface area (Å²) in [5, 5.41) is 2.88. The molecule has 1 saturated heterocycles. The molecule has 0 spiro atoms. The Balaban J connectivity index is 1.42. The van der Waals surface area contributed by atoms with Crippen LogP contribution in [-0.4, -0.2) is 36.7 Å². The normalized spacial score (nSPS) is 15.3. The van der Waals surface area contributed by atoms with E-state index in [9.17, 15) is 13.2 Å². The van der Waals surface area contributed by atoms with Crippen LogP contribution in [0.15, 0.2) is 77.8 Å². The van der Waals surface area contributed by atoms with Gasteiger partial charge in [0.25, 0.3) is 5.91 Å². The van der Waals surface area contributed by atoms with E-state index >= 15 is 0 Å². The van der Waals surface area contributed by atoms with Crippen LogP contribution in [0.5, 0.6) is 0 Å². The van der Waals surface area contributed by atoms with E-state index in [-0.39, 0.29) is 27.9 Å². The topological polar surface area (TPSA) is 79.4 Å². The van der Waals surface area contributed by atoms with Gasteiger partial charge in [-0.3, -0.25) is 9.78 Å². The number of sulfonamides is 1. The van der Waals surface area contributed by atoms with E-state index in [4.69, 9.17) is 11.6 Å². The van der Waals surface area contributed by atoms with Crippen molar-refractivity contribution in [3.05, 3.63) is 94.8 Å². The van der Waals surface area contributed by atoms with Gasteiger partial charge in [0.2, 0.25) is 10.0 Å². The number of nitrogens with zero attached hydrogens (tertiary/aromatic N) is 2. The molecule has 0 radical (unpaired) electrons. The highest BCUT2D eigenvalue weighted by molar-refractivity contribution is 7.89. The van der Waals surface area contributed by atoms with Crippen molar-refractivity contribution in [1.29, 1.82) is 0 Å². The lowest BCUT2D eigenvalue weighted by Crippen LogP contribution is -2.39. The summed E-state index contributed by atoms with van der Waals surface area (Å²) in [6.07, 6.45) is 4.17. The third-order valence-corrected chi connectivity index (χ3v) is 8.29. The number of hydrogen-bond acceptors (Lipinski definition) is 4. The average Bonchev–Trinajstić information content (AvgIpc) is 2.84. The first-order valence-corrected chi connectivity index (χ1v) is 12.8. The van der Waals surface area contributed by atoms with Crippen LogP contribution in [0.2, 0.25) is 5.02 Å². The van der Waals surface area contributed by atoms with E-state index in [1.165, 1.54) is 28.1 Å². The van der Waals surface area contributed by atoms with E-state index in [0.29, 0.717) is 24.7 Å². The highest BCUT2D eigenvalue weighted by Crippen LogP contribution is 2.30. The number of halogens is 1. The molecule has 2 heterocycles. The highest BCUT2D eigenvalue weighted by atomic mass is 35.5. The fourth-order valence-corrected chi connectivity index (χ4v) is 6.03. The number of pyridine rings is 1. The Labute approximate surface area is 199 Å². The van der Waals surface area contributed by atoms with Crippen molar-refractivity contribution in [2.75, 3.05) is 13.1 Å². The molecule has 8 heteroatoms. The smallest absolute Gasteiger partial charge is 0.251 e. The zero-order valence-corrected chi connectivity index (χ0v) is 19.7. The lowest BCUT2D eigenvalue weighted by molar-refractivity contribution is 0.0950. The lowest BCUT2D eigenvalue weighted by atomic mass is 9.91. The molecule has 1 aromatic heterocycles. The summed E-state index contributed by atoms with van der Waals surface area (Å²) in [6, 6.07) is 20.0. The maximum atomic E-state index is 13.3. The fraction of sp³-hybridized carbons (Fsp3) is 0.280. The molecule has 0 atom stereocenters. The molecule has 1 amide bonds. The maximum absolute atomic E-state index is 13.3. The minimum absolute atomic E-state index is 0.0313. The van der Waals surface area contributed by atoms with E-state index in [0.717, 1.165) is 19.3 Å². The Kier molecular flexibility index (Phi) is 7.42. The first-order chi connectivity index (χ1) is 15.9. The second-order valence-corrected chi connectivity index (χ2v) is 10.5. The van der Waals surface area contributed by atoms with Gasteiger partial charge in [-0.25, -0.2) is 8.42 Å². The van der Waals surface area contributed by atoms with Gasteiger partial charge in [0.15, 0.2) is 0 Å². The van der Waals surface area contributed by atoms with Crippen LogP contribution in [0.25, 0.3) is 0 Å². The SMILES string of the molecule is O=C(NCc1ccccn1)c1ccc(Cl)c(S(=O)(=O)N2CCC(Cc3ccccc3)CC2)c1. The number of amides is 1. The predicted molar refractivity (Wildman–Crippen MR) is 128 cm³/mol. The Morgan fingerprint density at radius 3 is 2.45 bits per heavy atom. The Bertz CT molecular complexity index is 1200. The van der Waals surface area contributed by atoms with Gasteiger partial charge in [-0.05, 0) is 61.1 Å². The molecule has 172 valence electrons. The van der Waals surface area contributed by atoms with Gasteiger partial charge in [-0.1, -0.05) is 48.0 Å². The third-order valence-electron chi connectivity index (χ3n) is 5.91. The third kappa shape index (κ3) is 5.79. The molecule has 0 bridgehead atoms. The van der Waals surface area contributed by atoms with Crippen LogP contribution >= 0.6 is 11.6 Å². The molecule has 0 aliphatic carbocycles. The first-order valence-electron chi connectivity index (χ1n) is 11.0. The van der Waals surface area contributed by atoms with Crippen molar-refractivity contribution in [1.82, 2.24) is 14.6 Å². The van der Waals surface area contributed by atoms with Gasteiger partial charge >= 0.3 is 0 Å². The first kappa shape index (κ1) is 23.4. The summed E-state index contributed by atoms with van der Waals surface area (Å²) >= 11 is 6.27. The second-order valence-electron chi connectivity index (χ2n) is 8.19. The number of piperidine rings is 1. The van der Waals surface area contributed by atoms with Gasteiger partial charge < -0.3 is 5.32 Å². The number of carbonyl (C=O) groups is 1. The molecule has 3 aromatic rings. The van der Waals surface area contributed by atoms with Gasteiger partial charge in [0, 0.05) is 24.8 Å². The Hall–Kier alpha value is -2.74. The fourth-order valence-electron chi connectivity index (χ4n) is 4.06. The van der Waals surface area contributed by atoms with Gasteiger partial charge in [0.05, 0.1) is 17.3 Å². The van der Waals surface area contributed by atoms with Crippen LogP contribution in [0.3, 0.4) is 0 Å². The van der Waals surface area contributed by atoms with Gasteiger partial charge in [-0.2, -0.15) is 4.31 Å². The van der Waals surface area contributed by atoms with Crippen molar-refractivity contribution in [2.24, 2.45) is 5.92 Å². The molecule has 1 aliphatic heterocycles. The maximum Gasteiger partial charge on any atom is 0.251 e. The van der Waals surface area contributed by atoms with Crippen LogP contribution < -0.4 is 5.32 Å². The van der Waals surface area contributed by atoms with E-state index in [1.54, 1.807) is 18.3 Å². The summed E-state index contributed by atoms with van der Waals surface area (Å²) in [6.45, 7) is 1.12. The summed E-state index contributed by atoms with van der Waals surface area (Å²) in [5.41, 5.74) is 2.23. The largest absolute Gasteiger partial charge is 0.346 e. The number of carbonyl (C=O) groups excluding carboxylic acids is 1. The molecule has 1 aliphatic rings. The number of rotatable bonds is 7. The van der Waals surface area contributed by atoms with Crippen LogP contribution in [0.1, 0.15) is 34.5 Å². The monoisotopic (exact) mass is 483 g/mol. The van der Waals surface area contributed by atoms with Crippen LogP contribution in [0.4, 0.5) is 0 Å². The zero-order valence-electron chi connectivity index (χ0n) is 18.2. The van der Waals surface area contributed by atoms with E-state index in [1.807, 2.05) is 24.3 Å². The van der Waals surface area contributed by atoms with Crippen LogP contribution in [0, 0.1) is 5.92 Å². The quantitative estimate of drug-likeness (QED) is 0.543. The number of aromatic nitrogens is 1. The van der Waals surface area contributed by atoms with Crippen molar-refractivity contribution < 1.29 is 13.2 Å². The molecule has 1 N–H and O–H groups in total. The number of nitrogens with one attached hydrogen (secondary N) is 1. The zero-order chi connectivity index (χ0) is 23.3. The highest BCUT2D eigenvalue weighted by Gasteiger charge is 2.31. The minimum Gasteiger partial charge on any atom is -0.346 e. The van der Waals surface area contributed by atoms with Crippen molar-refractivity contribution in [3.63, 3.8) is 0 Å². The molecule has 33 heavy (non-hydrogen) atoms. The number of benzene rings is 2. The van der Waals surface area contributed by atoms with Crippen LogP contribution in [-0.2, 0) is 23.0 Å². The molecule has 0 unspecified atom stereocenters. The predicted octanol–water partition coefficient (Wildman–Crippen LogP) is 4.31. The molecular formula is C25H26ClN3O3S. The second kappa shape index (κ2) is 10.5. The summed E-state index contributed by atoms with van der Waals surface area (Å²) in [4.78, 5) is 16.8. The molecule has 2 aromatic carbocycles. The molecule has 0 saturated carbocycles. The molecular weight excluding hydrogens is 458 g/mol. The molecule has 1 fully saturated rings. The average molecular weight is 484 g/mol. The Morgan fingerprint density at radius 2 is 1.76 bits per heavy atom. The van der Waals surface area contributed by atoms with Crippen molar-refractivity contribution in [3.8, 4) is 0 Å². The summed E-state index contributed by atoms with van der Waals surface area (Å²) in [5.74, 6) is 0.0633. The summed E-state index contributed by atoms with van der Waals surface area (Å²) < 4.78 is 28.1. The van der Waals surface area contributed by atoms with Crippen molar-refractivity contribution >= 4 is 27.5 Å². The lowest BCUT2D eigenvalue weighted by Gasteiger charge is -2.31. The van der Waals surface area contributed by atoms with Gasteiger partial charge in [0.1, 0.15) is 4.90 Å². The van der Waals surface area contributed by atoms with Crippen molar-refractivity contribution in [2.45, 2.75) is 30.7 Å². The van der Waals surface area contributed by atoms with E-state index in [2.05, 4.69) is 22.4 Å². The Morgan fingerprint density at radius 1 is 1.03 bits per heavy atom. The van der Waals surface area contributed by atoms with E-state index < -0.39 is 10.0 Å². The van der Waals surface area contributed by atoms with Gasteiger partial charge in [-0.15, -0.1) is 0 Å². The molecule has 6 nitrogen and oxygen atoms in total. The minimum atomic E-state index is -3.80. The number of hydrogen-bond donors (Lipinski definition) is 1. The summed E-state index contributed by atoms with van der Waals surface area (Å²) in [7, 11) is -3.80. The standard InChI is InChI=1S/C25H26ClN3O3S/c26-23-10-9-21(25(30)28-18-22-8-4-5-13-27-22)17-24(23)33(31,32)29-14-11-20(12-15-29)16-19-6-2-1-3-7-19/h1-10,13,17,20H,11-12,14-16,18H2,(H,28,30).